The summed E-state index contributed by atoms with van der Waals surface area (Å²) in [5.41, 5.74) is -0.505. The van der Waals surface area contributed by atoms with Crippen LogP contribution in [0.15, 0.2) is 29.2 Å². The quantitative estimate of drug-likeness (QED) is 0.675. The van der Waals surface area contributed by atoms with E-state index >= 15 is 0 Å². The molecule has 0 spiro atoms. The van der Waals surface area contributed by atoms with Gasteiger partial charge in [-0.3, -0.25) is 9.36 Å². The smallest absolute Gasteiger partial charge is 0.351 e. The van der Waals surface area contributed by atoms with E-state index in [9.17, 15) is 24.2 Å². The van der Waals surface area contributed by atoms with Crippen molar-refractivity contribution in [1.29, 1.82) is 0 Å². The predicted octanol–water partition coefficient (Wildman–Crippen LogP) is 1.51. The van der Waals surface area contributed by atoms with Crippen LogP contribution in [0.1, 0.15) is 18.7 Å². The standard InChI is InChI=1S/C17H16Cl2FN3O5/c1-7-13(25)14(26)16(28-7)23-6-11(20)15(22-17(23)27)21-12(24)4-8-2-3-9(18)5-10(8)19/h2-3,5-7,13-14,16,25-26H,4H2,1H3,(H,21,22,24,27)/t7-,13?,14?,16-/m1/s1. The van der Waals surface area contributed by atoms with Crippen molar-refractivity contribution in [3.63, 3.8) is 0 Å². The number of nitrogens with zero attached hydrogens (tertiary/aromatic N) is 2. The lowest BCUT2D eigenvalue weighted by Gasteiger charge is -2.17. The highest BCUT2D eigenvalue weighted by Crippen LogP contribution is 2.28. The maximum absolute atomic E-state index is 14.4. The van der Waals surface area contributed by atoms with Gasteiger partial charge < -0.3 is 20.3 Å². The Morgan fingerprint density at radius 1 is 1.36 bits per heavy atom. The molecule has 8 nitrogen and oxygen atoms in total. The summed E-state index contributed by atoms with van der Waals surface area (Å²) in [4.78, 5) is 27.8. The molecular weight excluding hydrogens is 416 g/mol. The molecule has 3 N–H and O–H groups in total. The molecule has 0 radical (unpaired) electrons. The Hall–Kier alpha value is -2.04. The van der Waals surface area contributed by atoms with Gasteiger partial charge in [-0.05, 0) is 24.6 Å². The number of carbonyl (C=O) groups excluding carboxylic acids is 1. The Bertz CT molecular complexity index is 970. The van der Waals surface area contributed by atoms with Crippen LogP contribution in [0, 0.1) is 5.82 Å². The molecule has 1 aliphatic heterocycles. The Morgan fingerprint density at radius 2 is 2.07 bits per heavy atom. The fraction of sp³-hybridized carbons (Fsp3) is 0.353. The number of anilines is 1. The minimum atomic E-state index is -1.43. The van der Waals surface area contributed by atoms with Crippen molar-refractivity contribution in [3.05, 3.63) is 56.3 Å². The fourth-order valence-electron chi connectivity index (χ4n) is 2.79. The highest BCUT2D eigenvalue weighted by atomic mass is 35.5. The molecule has 1 aliphatic rings. The van der Waals surface area contributed by atoms with Crippen LogP contribution in [0.2, 0.25) is 10.0 Å². The molecule has 11 heteroatoms. The monoisotopic (exact) mass is 431 g/mol. The van der Waals surface area contributed by atoms with E-state index < -0.39 is 47.8 Å². The average Bonchev–Trinajstić information content (AvgIpc) is 2.87. The van der Waals surface area contributed by atoms with Gasteiger partial charge in [0.2, 0.25) is 5.91 Å². The second kappa shape index (κ2) is 8.14. The van der Waals surface area contributed by atoms with Gasteiger partial charge in [0.1, 0.15) is 12.2 Å². The third kappa shape index (κ3) is 4.18. The van der Waals surface area contributed by atoms with E-state index in [-0.39, 0.29) is 11.4 Å². The molecule has 2 unspecified atom stereocenters. The molecule has 4 atom stereocenters. The summed E-state index contributed by atoms with van der Waals surface area (Å²) in [5.74, 6) is -2.23. The number of rotatable bonds is 4. The summed E-state index contributed by atoms with van der Waals surface area (Å²) in [6, 6.07) is 4.57. The molecule has 150 valence electrons. The molecule has 2 heterocycles. The van der Waals surface area contributed by atoms with Crippen LogP contribution < -0.4 is 11.0 Å². The highest BCUT2D eigenvalue weighted by molar-refractivity contribution is 6.35. The number of halogens is 3. The predicted molar refractivity (Wildman–Crippen MR) is 98.8 cm³/mol. The lowest BCUT2D eigenvalue weighted by Crippen LogP contribution is -2.36. The average molecular weight is 432 g/mol. The lowest BCUT2D eigenvalue weighted by atomic mass is 10.1. The molecule has 1 saturated heterocycles. The van der Waals surface area contributed by atoms with E-state index in [1.54, 1.807) is 12.1 Å². The summed E-state index contributed by atoms with van der Waals surface area (Å²) < 4.78 is 20.4. The Balaban J connectivity index is 1.77. The second-order valence-electron chi connectivity index (χ2n) is 6.30. The van der Waals surface area contributed by atoms with Crippen molar-refractivity contribution < 1.29 is 24.1 Å². The van der Waals surface area contributed by atoms with Crippen LogP contribution in [0.25, 0.3) is 0 Å². The zero-order valence-electron chi connectivity index (χ0n) is 14.5. The lowest BCUT2D eigenvalue weighted by molar-refractivity contribution is -0.115. The largest absolute Gasteiger partial charge is 0.388 e. The van der Waals surface area contributed by atoms with E-state index in [4.69, 9.17) is 27.9 Å². The van der Waals surface area contributed by atoms with Crippen molar-refractivity contribution in [2.45, 2.75) is 37.9 Å². The third-order valence-electron chi connectivity index (χ3n) is 4.28. The summed E-state index contributed by atoms with van der Waals surface area (Å²) in [6.45, 7) is 1.50. The number of benzene rings is 1. The molecule has 1 aromatic carbocycles. The second-order valence-corrected chi connectivity index (χ2v) is 7.14. The summed E-state index contributed by atoms with van der Waals surface area (Å²) >= 11 is 11.8. The maximum atomic E-state index is 14.4. The number of aromatic nitrogens is 2. The first kappa shape index (κ1) is 20.7. The van der Waals surface area contributed by atoms with Crippen molar-refractivity contribution >= 4 is 34.9 Å². The molecule has 1 fully saturated rings. The van der Waals surface area contributed by atoms with E-state index in [0.29, 0.717) is 10.6 Å². The first-order chi connectivity index (χ1) is 13.2. The van der Waals surface area contributed by atoms with E-state index in [2.05, 4.69) is 10.3 Å². The van der Waals surface area contributed by atoms with Crippen molar-refractivity contribution in [1.82, 2.24) is 9.55 Å². The van der Waals surface area contributed by atoms with Gasteiger partial charge in [-0.2, -0.15) is 4.98 Å². The SMILES string of the molecule is C[C@H]1O[C@@H](n2cc(F)c(NC(=O)Cc3ccc(Cl)cc3Cl)nc2=O)C(O)C1O. The Kier molecular flexibility index (Phi) is 6.01. The maximum Gasteiger partial charge on any atom is 0.351 e. The van der Waals surface area contributed by atoms with Crippen LogP contribution in [-0.4, -0.2) is 44.0 Å². The van der Waals surface area contributed by atoms with Crippen molar-refractivity contribution in [3.8, 4) is 0 Å². The van der Waals surface area contributed by atoms with Crippen LogP contribution in [0.3, 0.4) is 0 Å². The Labute approximate surface area is 168 Å². The number of aliphatic hydroxyl groups excluding tert-OH is 2. The number of nitrogens with one attached hydrogen (secondary N) is 1. The molecule has 0 bridgehead atoms. The first-order valence-corrected chi connectivity index (χ1v) is 8.97. The van der Waals surface area contributed by atoms with E-state index in [0.717, 1.165) is 10.8 Å². The van der Waals surface area contributed by atoms with Gasteiger partial charge in [-0.15, -0.1) is 0 Å². The van der Waals surface area contributed by atoms with Crippen LogP contribution in [0.4, 0.5) is 10.2 Å². The van der Waals surface area contributed by atoms with E-state index in [1.807, 2.05) is 0 Å². The van der Waals surface area contributed by atoms with Gasteiger partial charge in [-0.1, -0.05) is 29.3 Å². The molecule has 3 rings (SSSR count). The number of ether oxygens (including phenoxy) is 1. The van der Waals surface area contributed by atoms with Gasteiger partial charge in [0.15, 0.2) is 17.9 Å². The molecule has 1 aromatic heterocycles. The minimum Gasteiger partial charge on any atom is -0.388 e. The number of hydrogen-bond donors (Lipinski definition) is 3. The number of hydrogen-bond acceptors (Lipinski definition) is 6. The zero-order chi connectivity index (χ0) is 20.6. The van der Waals surface area contributed by atoms with Crippen molar-refractivity contribution in [2.75, 3.05) is 5.32 Å². The highest BCUT2D eigenvalue weighted by Gasteiger charge is 2.42. The first-order valence-electron chi connectivity index (χ1n) is 8.21. The topological polar surface area (TPSA) is 114 Å². The molecule has 2 aromatic rings. The van der Waals surface area contributed by atoms with E-state index in [1.165, 1.54) is 13.0 Å². The van der Waals surface area contributed by atoms with Crippen LogP contribution >= 0.6 is 23.2 Å². The molecule has 0 saturated carbocycles. The van der Waals surface area contributed by atoms with Gasteiger partial charge in [0.05, 0.1) is 18.7 Å². The normalized spacial score (nSPS) is 24.4. The number of carbonyl (C=O) groups is 1. The molecule has 28 heavy (non-hydrogen) atoms. The molecular formula is C17H16Cl2FN3O5. The minimum absolute atomic E-state index is 0.186. The van der Waals surface area contributed by atoms with Gasteiger partial charge in [0.25, 0.3) is 0 Å². The summed E-state index contributed by atoms with van der Waals surface area (Å²) in [5, 5.41) is 22.6. The fourth-order valence-corrected chi connectivity index (χ4v) is 3.26. The van der Waals surface area contributed by atoms with Crippen LogP contribution in [-0.2, 0) is 16.0 Å². The summed E-state index contributed by atoms with van der Waals surface area (Å²) in [7, 11) is 0. The van der Waals surface area contributed by atoms with Gasteiger partial charge in [0, 0.05) is 10.0 Å². The zero-order valence-corrected chi connectivity index (χ0v) is 16.0. The van der Waals surface area contributed by atoms with Gasteiger partial charge in [-0.25, -0.2) is 9.18 Å². The van der Waals surface area contributed by atoms with Gasteiger partial charge >= 0.3 is 5.69 Å². The number of amides is 1. The van der Waals surface area contributed by atoms with Crippen molar-refractivity contribution in [2.24, 2.45) is 0 Å². The molecule has 0 aliphatic carbocycles. The third-order valence-corrected chi connectivity index (χ3v) is 4.87. The molecule has 1 amide bonds. The summed E-state index contributed by atoms with van der Waals surface area (Å²) in [6.07, 6.45) is -4.15. The van der Waals surface area contributed by atoms with Crippen LogP contribution in [0.5, 0.6) is 0 Å². The number of aliphatic hydroxyl groups is 2. The Morgan fingerprint density at radius 3 is 2.68 bits per heavy atom.